The minimum Gasteiger partial charge on any atom is -0.371 e. The van der Waals surface area contributed by atoms with E-state index in [1.165, 1.54) is 22.5 Å². The SMILES string of the molecule is c1cc(N(C[C@H]2CO2)C[C@@H]2CO2)ccc1Cc1ccc(N(C[C@@H]2CO2)C[C@@H]2CO2)cc1. The maximum atomic E-state index is 5.44. The lowest BCUT2D eigenvalue weighted by atomic mass is 10.0. The van der Waals surface area contributed by atoms with Crippen molar-refractivity contribution in [2.75, 3.05) is 62.4 Å². The van der Waals surface area contributed by atoms with E-state index in [0.29, 0.717) is 24.4 Å². The van der Waals surface area contributed by atoms with Crippen LogP contribution in [0, 0.1) is 0 Å². The summed E-state index contributed by atoms with van der Waals surface area (Å²) in [6, 6.07) is 17.9. The molecule has 0 saturated carbocycles. The molecule has 0 aliphatic carbocycles. The van der Waals surface area contributed by atoms with Crippen LogP contribution in [0.5, 0.6) is 0 Å². The van der Waals surface area contributed by atoms with Gasteiger partial charge >= 0.3 is 0 Å². The van der Waals surface area contributed by atoms with Crippen molar-refractivity contribution in [3.05, 3.63) is 59.7 Å². The van der Waals surface area contributed by atoms with Crippen LogP contribution in [-0.2, 0) is 25.4 Å². The first-order chi connectivity index (χ1) is 15.3. The fraction of sp³-hybridized carbons (Fsp3) is 0.520. The van der Waals surface area contributed by atoms with E-state index in [4.69, 9.17) is 18.9 Å². The van der Waals surface area contributed by atoms with E-state index < -0.39 is 0 Å². The van der Waals surface area contributed by atoms with E-state index >= 15 is 0 Å². The number of nitrogens with zero attached hydrogens (tertiary/aromatic N) is 2. The Morgan fingerprint density at radius 1 is 0.516 bits per heavy atom. The molecular formula is C25H30N2O4. The second kappa shape index (κ2) is 8.43. The van der Waals surface area contributed by atoms with E-state index in [2.05, 4.69) is 58.3 Å². The average molecular weight is 423 g/mol. The molecule has 0 unspecified atom stereocenters. The summed E-state index contributed by atoms with van der Waals surface area (Å²) in [5, 5.41) is 0. The Kier molecular flexibility index (Phi) is 5.32. The zero-order valence-electron chi connectivity index (χ0n) is 17.8. The van der Waals surface area contributed by atoms with Gasteiger partial charge in [0.2, 0.25) is 0 Å². The first-order valence-electron chi connectivity index (χ1n) is 11.4. The molecule has 4 aliphatic rings. The van der Waals surface area contributed by atoms with Crippen LogP contribution in [0.1, 0.15) is 11.1 Å². The van der Waals surface area contributed by atoms with Gasteiger partial charge in [-0.15, -0.1) is 0 Å². The summed E-state index contributed by atoms with van der Waals surface area (Å²) in [5.74, 6) is 0. The highest BCUT2D eigenvalue weighted by molar-refractivity contribution is 5.51. The summed E-state index contributed by atoms with van der Waals surface area (Å²) in [5.41, 5.74) is 5.17. The van der Waals surface area contributed by atoms with Gasteiger partial charge in [-0.05, 0) is 41.8 Å². The molecule has 0 N–H and O–H groups in total. The smallest absolute Gasteiger partial charge is 0.0984 e. The molecule has 0 spiro atoms. The van der Waals surface area contributed by atoms with Crippen LogP contribution in [0.25, 0.3) is 0 Å². The lowest BCUT2D eigenvalue weighted by Gasteiger charge is -2.24. The van der Waals surface area contributed by atoms with Crippen LogP contribution in [0.15, 0.2) is 48.5 Å². The summed E-state index contributed by atoms with van der Waals surface area (Å²) >= 11 is 0. The van der Waals surface area contributed by atoms with Gasteiger partial charge in [0.1, 0.15) is 0 Å². The Morgan fingerprint density at radius 2 is 0.806 bits per heavy atom. The molecule has 4 aliphatic heterocycles. The average Bonchev–Trinajstić information content (AvgIpc) is 3.63. The van der Waals surface area contributed by atoms with E-state index in [1.54, 1.807) is 0 Å². The Labute approximate surface area is 183 Å². The van der Waals surface area contributed by atoms with Gasteiger partial charge in [-0.1, -0.05) is 24.3 Å². The standard InChI is InChI=1S/C25H30N2O4/c1-5-20(26(10-22-14-28-22)11-23-15-29-23)6-2-18(1)9-19-3-7-21(8-4-19)27(12-24-16-30-24)13-25-17-31-25/h1-8,22-25H,9-17H2/t22-,23-,24-,25+/m1/s1. The van der Waals surface area contributed by atoms with Crippen LogP contribution in [0.3, 0.4) is 0 Å². The van der Waals surface area contributed by atoms with Gasteiger partial charge in [0, 0.05) is 37.6 Å². The molecule has 0 radical (unpaired) electrons. The monoisotopic (exact) mass is 422 g/mol. The number of benzene rings is 2. The molecule has 0 aromatic heterocycles. The summed E-state index contributed by atoms with van der Waals surface area (Å²) in [4.78, 5) is 4.80. The maximum Gasteiger partial charge on any atom is 0.0984 e. The molecule has 6 rings (SSSR count). The van der Waals surface area contributed by atoms with Crippen molar-refractivity contribution in [2.45, 2.75) is 30.8 Å². The molecule has 4 saturated heterocycles. The van der Waals surface area contributed by atoms with Crippen molar-refractivity contribution in [1.29, 1.82) is 0 Å². The number of rotatable bonds is 12. The normalized spacial score (nSPS) is 27.6. The first kappa shape index (κ1) is 19.6. The van der Waals surface area contributed by atoms with Gasteiger partial charge in [-0.2, -0.15) is 0 Å². The number of anilines is 2. The lowest BCUT2D eigenvalue weighted by Crippen LogP contribution is -2.31. The fourth-order valence-corrected chi connectivity index (χ4v) is 4.13. The molecule has 0 bridgehead atoms. The highest BCUT2D eigenvalue weighted by Crippen LogP contribution is 2.25. The minimum atomic E-state index is 0.384. The third-order valence-electron chi connectivity index (χ3n) is 6.32. The van der Waals surface area contributed by atoms with Gasteiger partial charge in [-0.25, -0.2) is 0 Å². The van der Waals surface area contributed by atoms with Crippen LogP contribution in [0.2, 0.25) is 0 Å². The van der Waals surface area contributed by atoms with Crippen molar-refractivity contribution < 1.29 is 18.9 Å². The van der Waals surface area contributed by atoms with Crippen LogP contribution in [-0.4, -0.2) is 77.0 Å². The highest BCUT2D eigenvalue weighted by atomic mass is 16.6. The molecule has 4 atom stereocenters. The molecule has 164 valence electrons. The largest absolute Gasteiger partial charge is 0.371 e. The molecular weight excluding hydrogens is 392 g/mol. The van der Waals surface area contributed by atoms with Crippen molar-refractivity contribution >= 4 is 11.4 Å². The van der Waals surface area contributed by atoms with Gasteiger partial charge in [0.15, 0.2) is 0 Å². The van der Waals surface area contributed by atoms with E-state index in [1.807, 2.05) is 0 Å². The molecule has 6 heteroatoms. The number of hydrogen-bond acceptors (Lipinski definition) is 6. The van der Waals surface area contributed by atoms with Gasteiger partial charge in [0.25, 0.3) is 0 Å². The molecule has 31 heavy (non-hydrogen) atoms. The zero-order chi connectivity index (χ0) is 20.6. The molecule has 4 heterocycles. The van der Waals surface area contributed by atoms with E-state index in [0.717, 1.165) is 59.0 Å². The number of ether oxygens (including phenoxy) is 4. The lowest BCUT2D eigenvalue weighted by molar-refractivity contribution is 0.388. The third-order valence-corrected chi connectivity index (χ3v) is 6.32. The van der Waals surface area contributed by atoms with Gasteiger partial charge in [0.05, 0.1) is 50.8 Å². The van der Waals surface area contributed by atoms with E-state index in [-0.39, 0.29) is 0 Å². The van der Waals surface area contributed by atoms with Crippen molar-refractivity contribution in [3.63, 3.8) is 0 Å². The Hall–Kier alpha value is -2.12. The van der Waals surface area contributed by atoms with Crippen LogP contribution < -0.4 is 9.80 Å². The summed E-state index contributed by atoms with van der Waals surface area (Å²) in [6.07, 6.45) is 2.48. The predicted molar refractivity (Wildman–Crippen MR) is 119 cm³/mol. The molecule has 2 aromatic rings. The van der Waals surface area contributed by atoms with Crippen molar-refractivity contribution in [1.82, 2.24) is 0 Å². The molecule has 2 aromatic carbocycles. The summed E-state index contributed by atoms with van der Waals surface area (Å²) < 4.78 is 21.8. The van der Waals surface area contributed by atoms with Crippen molar-refractivity contribution in [3.8, 4) is 0 Å². The van der Waals surface area contributed by atoms with Crippen LogP contribution in [0.4, 0.5) is 11.4 Å². The number of hydrogen-bond donors (Lipinski definition) is 0. The zero-order valence-corrected chi connectivity index (χ0v) is 17.8. The fourth-order valence-electron chi connectivity index (χ4n) is 4.13. The molecule has 4 fully saturated rings. The number of epoxide rings is 4. The summed E-state index contributed by atoms with van der Waals surface area (Å²) in [7, 11) is 0. The van der Waals surface area contributed by atoms with Gasteiger partial charge in [-0.3, -0.25) is 0 Å². The Morgan fingerprint density at radius 3 is 1.06 bits per heavy atom. The quantitative estimate of drug-likeness (QED) is 0.490. The molecule has 6 nitrogen and oxygen atoms in total. The predicted octanol–water partition coefficient (Wildman–Crippen LogP) is 2.49. The summed E-state index contributed by atoms with van der Waals surface area (Å²) in [6.45, 7) is 7.35. The topological polar surface area (TPSA) is 56.6 Å². The van der Waals surface area contributed by atoms with Crippen LogP contribution >= 0.6 is 0 Å². The second-order valence-corrected chi connectivity index (χ2v) is 9.14. The Bertz CT molecular complexity index is 770. The van der Waals surface area contributed by atoms with Crippen molar-refractivity contribution in [2.24, 2.45) is 0 Å². The van der Waals surface area contributed by atoms with E-state index in [9.17, 15) is 0 Å². The Balaban J connectivity index is 1.08. The highest BCUT2D eigenvalue weighted by Gasteiger charge is 2.32. The first-order valence-corrected chi connectivity index (χ1v) is 11.4. The second-order valence-electron chi connectivity index (χ2n) is 9.14. The third kappa shape index (κ3) is 5.57. The van der Waals surface area contributed by atoms with Gasteiger partial charge < -0.3 is 28.7 Å². The molecule has 0 amide bonds. The minimum absolute atomic E-state index is 0.384. The maximum absolute atomic E-state index is 5.44.